The van der Waals surface area contributed by atoms with E-state index in [1.54, 1.807) is 32.4 Å². The van der Waals surface area contributed by atoms with Crippen molar-refractivity contribution in [3.05, 3.63) is 71.8 Å². The van der Waals surface area contributed by atoms with Gasteiger partial charge in [-0.2, -0.15) is 0 Å². The van der Waals surface area contributed by atoms with Crippen LogP contribution in [0.25, 0.3) is 22.6 Å². The number of aromatic nitrogens is 1. The number of hydrogen-bond acceptors (Lipinski definition) is 5. The maximum absolute atomic E-state index is 12.8. The van der Waals surface area contributed by atoms with Crippen molar-refractivity contribution in [2.75, 3.05) is 19.5 Å². The number of ether oxygens (including phenoxy) is 2. The van der Waals surface area contributed by atoms with Crippen LogP contribution >= 0.6 is 0 Å². The summed E-state index contributed by atoms with van der Waals surface area (Å²) in [5.41, 5.74) is 4.61. The summed E-state index contributed by atoms with van der Waals surface area (Å²) >= 11 is 0. The lowest BCUT2D eigenvalue weighted by molar-refractivity contribution is 0.102. The van der Waals surface area contributed by atoms with Gasteiger partial charge in [-0.3, -0.25) is 4.79 Å². The molecule has 0 radical (unpaired) electrons. The summed E-state index contributed by atoms with van der Waals surface area (Å²) in [5, 5.41) is 2.91. The summed E-state index contributed by atoms with van der Waals surface area (Å²) < 4.78 is 16.4. The van der Waals surface area contributed by atoms with Gasteiger partial charge in [0.25, 0.3) is 5.91 Å². The molecule has 158 valence electrons. The monoisotopic (exact) mass is 416 g/mol. The van der Waals surface area contributed by atoms with Gasteiger partial charge >= 0.3 is 0 Å². The minimum atomic E-state index is -0.270. The first-order valence-corrected chi connectivity index (χ1v) is 10.0. The van der Waals surface area contributed by atoms with E-state index in [9.17, 15) is 4.79 Å². The second-order valence-corrected chi connectivity index (χ2v) is 7.54. The molecule has 0 spiro atoms. The molecule has 0 aliphatic carbocycles. The minimum absolute atomic E-state index is 0.270. The van der Waals surface area contributed by atoms with Gasteiger partial charge in [0.2, 0.25) is 5.89 Å². The molecule has 0 aliphatic heterocycles. The number of fused-ring (bicyclic) bond motifs is 1. The van der Waals surface area contributed by atoms with E-state index in [1.165, 1.54) is 5.56 Å². The van der Waals surface area contributed by atoms with Crippen molar-refractivity contribution in [3.63, 3.8) is 0 Å². The molecule has 3 aromatic carbocycles. The molecular weight excluding hydrogens is 392 g/mol. The highest BCUT2D eigenvalue weighted by molar-refractivity contribution is 6.05. The number of nitrogens with zero attached hydrogens (tertiary/aromatic N) is 1. The minimum Gasteiger partial charge on any atom is -0.497 e. The van der Waals surface area contributed by atoms with E-state index in [-0.39, 0.29) is 5.91 Å². The van der Waals surface area contributed by atoms with Crippen molar-refractivity contribution in [2.45, 2.75) is 19.8 Å². The van der Waals surface area contributed by atoms with E-state index in [0.29, 0.717) is 34.6 Å². The summed E-state index contributed by atoms with van der Waals surface area (Å²) in [7, 11) is 3.09. The Labute approximate surface area is 180 Å². The molecular formula is C25H24N2O4. The molecule has 4 aromatic rings. The van der Waals surface area contributed by atoms with Crippen molar-refractivity contribution >= 4 is 22.7 Å². The smallest absolute Gasteiger partial charge is 0.255 e. The van der Waals surface area contributed by atoms with Gasteiger partial charge in [-0.1, -0.05) is 26.0 Å². The summed E-state index contributed by atoms with van der Waals surface area (Å²) in [6.07, 6.45) is 0. The molecule has 0 fully saturated rings. The van der Waals surface area contributed by atoms with Gasteiger partial charge < -0.3 is 19.2 Å². The fourth-order valence-corrected chi connectivity index (χ4v) is 3.30. The van der Waals surface area contributed by atoms with E-state index in [2.05, 4.69) is 36.3 Å². The first kappa shape index (κ1) is 20.5. The largest absolute Gasteiger partial charge is 0.497 e. The van der Waals surface area contributed by atoms with Crippen LogP contribution in [-0.2, 0) is 0 Å². The van der Waals surface area contributed by atoms with Gasteiger partial charge in [0.15, 0.2) is 5.58 Å². The van der Waals surface area contributed by atoms with Crippen molar-refractivity contribution in [1.82, 2.24) is 4.98 Å². The summed E-state index contributed by atoms with van der Waals surface area (Å²) in [4.78, 5) is 17.4. The average molecular weight is 416 g/mol. The van der Waals surface area contributed by atoms with Crippen molar-refractivity contribution in [3.8, 4) is 23.0 Å². The van der Waals surface area contributed by atoms with E-state index in [4.69, 9.17) is 13.9 Å². The second-order valence-electron chi connectivity index (χ2n) is 7.54. The molecule has 6 nitrogen and oxygen atoms in total. The third-order valence-corrected chi connectivity index (χ3v) is 5.06. The summed E-state index contributed by atoms with van der Waals surface area (Å²) in [6, 6.07) is 18.5. The zero-order chi connectivity index (χ0) is 22.0. The average Bonchev–Trinajstić information content (AvgIpc) is 3.22. The molecule has 1 N–H and O–H groups in total. The first-order chi connectivity index (χ1) is 15.0. The van der Waals surface area contributed by atoms with E-state index >= 15 is 0 Å². The van der Waals surface area contributed by atoms with Crippen LogP contribution in [0.2, 0.25) is 0 Å². The van der Waals surface area contributed by atoms with Gasteiger partial charge in [0.1, 0.15) is 17.0 Å². The number of carbonyl (C=O) groups excluding carboxylic acids is 1. The Bertz CT molecular complexity index is 1220. The van der Waals surface area contributed by atoms with Crippen LogP contribution in [0.5, 0.6) is 11.5 Å². The molecule has 0 aliphatic rings. The Hall–Kier alpha value is -3.80. The van der Waals surface area contributed by atoms with Crippen molar-refractivity contribution < 1.29 is 18.7 Å². The van der Waals surface area contributed by atoms with Gasteiger partial charge in [-0.25, -0.2) is 4.98 Å². The molecule has 4 rings (SSSR count). The van der Waals surface area contributed by atoms with Gasteiger partial charge in [-0.05, 0) is 53.9 Å². The Morgan fingerprint density at radius 1 is 0.968 bits per heavy atom. The van der Waals surface area contributed by atoms with E-state index in [0.717, 1.165) is 16.7 Å². The molecule has 0 saturated heterocycles. The zero-order valence-corrected chi connectivity index (χ0v) is 17.9. The zero-order valence-electron chi connectivity index (χ0n) is 17.9. The molecule has 31 heavy (non-hydrogen) atoms. The number of nitrogens with one attached hydrogen (secondary N) is 1. The Balaban J connectivity index is 1.60. The van der Waals surface area contributed by atoms with Crippen LogP contribution in [0.4, 0.5) is 5.69 Å². The number of anilines is 1. The summed E-state index contributed by atoms with van der Waals surface area (Å²) in [6.45, 7) is 4.29. The molecule has 1 aromatic heterocycles. The lowest BCUT2D eigenvalue weighted by Gasteiger charge is -2.10. The molecule has 0 saturated carbocycles. The third-order valence-electron chi connectivity index (χ3n) is 5.06. The third kappa shape index (κ3) is 4.38. The molecule has 0 bridgehead atoms. The molecule has 0 unspecified atom stereocenters. The van der Waals surface area contributed by atoms with Gasteiger partial charge in [0.05, 0.1) is 14.2 Å². The number of benzene rings is 3. The van der Waals surface area contributed by atoms with Crippen LogP contribution < -0.4 is 14.8 Å². The SMILES string of the molecule is COc1cc(OC)cc(C(=O)Nc2cccc(-c3nc4cc(C(C)C)ccc4o3)c2)c1. The fourth-order valence-electron chi connectivity index (χ4n) is 3.30. The number of carbonyl (C=O) groups is 1. The normalized spacial score (nSPS) is 11.0. The van der Waals surface area contributed by atoms with Crippen LogP contribution in [-0.4, -0.2) is 25.1 Å². The predicted octanol–water partition coefficient (Wildman–Crippen LogP) is 5.89. The van der Waals surface area contributed by atoms with Crippen LogP contribution in [0.3, 0.4) is 0 Å². The molecule has 1 amide bonds. The topological polar surface area (TPSA) is 73.6 Å². The lowest BCUT2D eigenvalue weighted by Crippen LogP contribution is -2.12. The van der Waals surface area contributed by atoms with Crippen LogP contribution in [0.1, 0.15) is 35.7 Å². The van der Waals surface area contributed by atoms with Gasteiger partial charge in [-0.15, -0.1) is 0 Å². The van der Waals surface area contributed by atoms with Crippen LogP contribution in [0.15, 0.2) is 65.1 Å². The number of hydrogen-bond donors (Lipinski definition) is 1. The highest BCUT2D eigenvalue weighted by Crippen LogP contribution is 2.29. The molecule has 0 atom stereocenters. The number of methoxy groups -OCH3 is 2. The van der Waals surface area contributed by atoms with E-state index < -0.39 is 0 Å². The second kappa shape index (κ2) is 8.52. The first-order valence-electron chi connectivity index (χ1n) is 10.0. The quantitative estimate of drug-likeness (QED) is 0.424. The Kier molecular flexibility index (Phi) is 5.62. The summed E-state index contributed by atoms with van der Waals surface area (Å²) in [5.74, 6) is 1.75. The van der Waals surface area contributed by atoms with Crippen molar-refractivity contribution in [2.24, 2.45) is 0 Å². The maximum Gasteiger partial charge on any atom is 0.255 e. The highest BCUT2D eigenvalue weighted by Gasteiger charge is 2.13. The molecule has 6 heteroatoms. The molecule has 1 heterocycles. The fraction of sp³-hybridized carbons (Fsp3) is 0.200. The Morgan fingerprint density at radius 2 is 1.71 bits per heavy atom. The highest BCUT2D eigenvalue weighted by atomic mass is 16.5. The standard InChI is InChI=1S/C25H24N2O4/c1-15(2)16-8-9-23-22(13-16)27-25(31-23)17-6-5-7-19(10-17)26-24(28)18-11-20(29-3)14-21(12-18)30-4/h5-15H,1-4H3,(H,26,28). The lowest BCUT2D eigenvalue weighted by atomic mass is 10.0. The number of rotatable bonds is 6. The number of oxazole rings is 1. The predicted molar refractivity (Wildman–Crippen MR) is 121 cm³/mol. The van der Waals surface area contributed by atoms with E-state index in [1.807, 2.05) is 30.3 Å². The Morgan fingerprint density at radius 3 is 2.39 bits per heavy atom. The van der Waals surface area contributed by atoms with Crippen LogP contribution in [0, 0.1) is 0 Å². The van der Waals surface area contributed by atoms with Gasteiger partial charge in [0, 0.05) is 22.9 Å². The maximum atomic E-state index is 12.8. The van der Waals surface area contributed by atoms with Crippen molar-refractivity contribution in [1.29, 1.82) is 0 Å². The number of amides is 1.